The maximum Gasteiger partial charge on any atom is 0.389 e. The highest BCUT2D eigenvalue weighted by atomic mass is 19.4. The van der Waals surface area contributed by atoms with E-state index >= 15 is 0 Å². The van der Waals surface area contributed by atoms with E-state index < -0.39 is 12.6 Å². The van der Waals surface area contributed by atoms with Crippen molar-refractivity contribution in [2.75, 3.05) is 0 Å². The summed E-state index contributed by atoms with van der Waals surface area (Å²) in [6, 6.07) is 7.52. The number of hydrogen-bond donors (Lipinski definition) is 1. The summed E-state index contributed by atoms with van der Waals surface area (Å²) >= 11 is 0. The number of hydrogen-bond acceptors (Lipinski definition) is 1. The van der Waals surface area contributed by atoms with Crippen LogP contribution in [0.1, 0.15) is 36.3 Å². The van der Waals surface area contributed by atoms with Crippen LogP contribution in [-0.4, -0.2) is 12.2 Å². The van der Waals surface area contributed by atoms with Crippen molar-refractivity contribution < 1.29 is 13.2 Å². The second-order valence-electron chi connectivity index (χ2n) is 4.66. The zero-order valence-electron chi connectivity index (χ0n) is 9.50. The highest BCUT2D eigenvalue weighted by Gasteiger charge is 2.32. The molecule has 2 atom stereocenters. The lowest BCUT2D eigenvalue weighted by atomic mass is 9.91. The van der Waals surface area contributed by atoms with E-state index in [2.05, 4.69) is 0 Å². The Hall–Kier alpha value is -1.03. The van der Waals surface area contributed by atoms with Gasteiger partial charge in [-0.1, -0.05) is 24.3 Å². The van der Waals surface area contributed by atoms with Crippen molar-refractivity contribution in [3.8, 4) is 0 Å². The quantitative estimate of drug-likeness (QED) is 0.865. The summed E-state index contributed by atoms with van der Waals surface area (Å²) in [7, 11) is 0. The average Bonchev–Trinajstić information content (AvgIpc) is 2.68. The SMILES string of the molecule is NC(CCC(F)(F)F)C1CCc2ccccc21. The van der Waals surface area contributed by atoms with Crippen LogP contribution < -0.4 is 5.73 Å². The van der Waals surface area contributed by atoms with Crippen LogP contribution >= 0.6 is 0 Å². The monoisotopic (exact) mass is 243 g/mol. The number of rotatable bonds is 3. The maximum atomic E-state index is 12.1. The van der Waals surface area contributed by atoms with Gasteiger partial charge in [0.1, 0.15) is 0 Å². The second-order valence-corrected chi connectivity index (χ2v) is 4.66. The Bertz CT molecular complexity index is 386. The van der Waals surface area contributed by atoms with Crippen LogP contribution in [-0.2, 0) is 6.42 Å². The summed E-state index contributed by atoms with van der Waals surface area (Å²) in [6.45, 7) is 0. The fourth-order valence-electron chi connectivity index (χ4n) is 2.57. The predicted molar refractivity (Wildman–Crippen MR) is 60.8 cm³/mol. The molecular weight excluding hydrogens is 227 g/mol. The van der Waals surface area contributed by atoms with Crippen LogP contribution in [0.25, 0.3) is 0 Å². The molecule has 1 aromatic rings. The van der Waals surface area contributed by atoms with E-state index in [1.807, 2.05) is 24.3 Å². The van der Waals surface area contributed by atoms with Gasteiger partial charge in [0.05, 0.1) is 0 Å². The Labute approximate surface area is 98.8 Å². The topological polar surface area (TPSA) is 26.0 Å². The molecule has 0 saturated carbocycles. The highest BCUT2D eigenvalue weighted by molar-refractivity contribution is 5.35. The molecule has 0 aliphatic heterocycles. The molecule has 1 aliphatic rings. The Morgan fingerprint density at radius 3 is 2.71 bits per heavy atom. The molecule has 0 bridgehead atoms. The molecule has 2 rings (SSSR count). The van der Waals surface area contributed by atoms with E-state index in [0.717, 1.165) is 18.4 Å². The van der Waals surface area contributed by atoms with Gasteiger partial charge in [-0.3, -0.25) is 0 Å². The summed E-state index contributed by atoms with van der Waals surface area (Å²) in [6.07, 6.45) is -3.07. The summed E-state index contributed by atoms with van der Waals surface area (Å²) in [5.41, 5.74) is 8.28. The number of fused-ring (bicyclic) bond motifs is 1. The summed E-state index contributed by atoms with van der Waals surface area (Å²) < 4.78 is 36.4. The number of halogens is 3. The summed E-state index contributed by atoms with van der Waals surface area (Å²) in [5.74, 6) is 0.0912. The van der Waals surface area contributed by atoms with Crippen molar-refractivity contribution >= 4 is 0 Å². The van der Waals surface area contributed by atoms with Gasteiger partial charge in [0, 0.05) is 12.5 Å². The normalized spacial score (nSPS) is 21.3. The lowest BCUT2D eigenvalue weighted by molar-refractivity contribution is -0.136. The van der Waals surface area contributed by atoms with Gasteiger partial charge in [0.15, 0.2) is 0 Å². The fraction of sp³-hybridized carbons (Fsp3) is 0.538. The molecule has 94 valence electrons. The molecule has 4 heteroatoms. The molecule has 0 heterocycles. The first kappa shape index (κ1) is 12.4. The molecule has 2 N–H and O–H groups in total. The third kappa shape index (κ3) is 3.00. The lowest BCUT2D eigenvalue weighted by Gasteiger charge is -2.20. The second kappa shape index (κ2) is 4.69. The first-order valence-electron chi connectivity index (χ1n) is 5.87. The minimum atomic E-state index is -4.10. The Morgan fingerprint density at radius 2 is 2.00 bits per heavy atom. The molecule has 1 aromatic carbocycles. The third-order valence-corrected chi connectivity index (χ3v) is 3.46. The third-order valence-electron chi connectivity index (χ3n) is 3.46. The maximum absolute atomic E-state index is 12.1. The van der Waals surface area contributed by atoms with Gasteiger partial charge in [0.2, 0.25) is 0 Å². The molecule has 0 radical (unpaired) electrons. The molecule has 2 unspecified atom stereocenters. The average molecular weight is 243 g/mol. The van der Waals surface area contributed by atoms with E-state index in [4.69, 9.17) is 5.73 Å². The van der Waals surface area contributed by atoms with E-state index in [9.17, 15) is 13.2 Å². The fourth-order valence-corrected chi connectivity index (χ4v) is 2.57. The van der Waals surface area contributed by atoms with Gasteiger partial charge in [0.25, 0.3) is 0 Å². The largest absolute Gasteiger partial charge is 0.389 e. The Kier molecular flexibility index (Phi) is 3.43. The first-order valence-corrected chi connectivity index (χ1v) is 5.87. The van der Waals surface area contributed by atoms with Crippen molar-refractivity contribution in [3.05, 3.63) is 35.4 Å². The van der Waals surface area contributed by atoms with E-state index in [-0.39, 0.29) is 18.4 Å². The van der Waals surface area contributed by atoms with Gasteiger partial charge in [-0.25, -0.2) is 0 Å². The minimum Gasteiger partial charge on any atom is -0.327 e. The van der Waals surface area contributed by atoms with Gasteiger partial charge < -0.3 is 5.73 Å². The van der Waals surface area contributed by atoms with Crippen molar-refractivity contribution in [1.29, 1.82) is 0 Å². The molecule has 1 nitrogen and oxygen atoms in total. The number of aryl methyl sites for hydroxylation is 1. The Balaban J connectivity index is 2.00. The first-order chi connectivity index (χ1) is 7.97. The molecule has 0 amide bonds. The molecule has 0 saturated heterocycles. The van der Waals surface area contributed by atoms with Gasteiger partial charge in [-0.2, -0.15) is 13.2 Å². The number of nitrogens with two attached hydrogens (primary N) is 1. The predicted octanol–water partition coefficient (Wildman–Crippen LogP) is 3.39. The molecule has 1 aliphatic carbocycles. The van der Waals surface area contributed by atoms with Gasteiger partial charge >= 0.3 is 6.18 Å². The van der Waals surface area contributed by atoms with Crippen molar-refractivity contribution in [2.45, 2.75) is 43.8 Å². The van der Waals surface area contributed by atoms with Crippen LogP contribution in [0.3, 0.4) is 0 Å². The van der Waals surface area contributed by atoms with Crippen LogP contribution in [0.4, 0.5) is 13.2 Å². The smallest absolute Gasteiger partial charge is 0.327 e. The van der Waals surface area contributed by atoms with E-state index in [1.54, 1.807) is 0 Å². The highest BCUT2D eigenvalue weighted by Crippen LogP contribution is 2.36. The van der Waals surface area contributed by atoms with Crippen LogP contribution in [0.5, 0.6) is 0 Å². The van der Waals surface area contributed by atoms with Crippen LogP contribution in [0.2, 0.25) is 0 Å². The Morgan fingerprint density at radius 1 is 1.29 bits per heavy atom. The van der Waals surface area contributed by atoms with Crippen LogP contribution in [0.15, 0.2) is 24.3 Å². The minimum absolute atomic E-state index is 0.0164. The molecular formula is C13H16F3N. The molecule has 0 spiro atoms. The van der Waals surface area contributed by atoms with Crippen LogP contribution in [0, 0.1) is 0 Å². The zero-order chi connectivity index (χ0) is 12.5. The molecule has 17 heavy (non-hydrogen) atoms. The summed E-state index contributed by atoms with van der Waals surface area (Å²) in [5, 5.41) is 0. The molecule has 0 aromatic heterocycles. The summed E-state index contributed by atoms with van der Waals surface area (Å²) in [4.78, 5) is 0. The lowest BCUT2D eigenvalue weighted by Crippen LogP contribution is -2.29. The molecule has 0 fully saturated rings. The van der Waals surface area contributed by atoms with Crippen molar-refractivity contribution in [2.24, 2.45) is 5.73 Å². The van der Waals surface area contributed by atoms with Gasteiger partial charge in [-0.15, -0.1) is 0 Å². The van der Waals surface area contributed by atoms with Crippen molar-refractivity contribution in [3.63, 3.8) is 0 Å². The van der Waals surface area contributed by atoms with Crippen molar-refractivity contribution in [1.82, 2.24) is 0 Å². The van der Waals surface area contributed by atoms with Gasteiger partial charge in [-0.05, 0) is 36.3 Å². The standard InChI is InChI=1S/C13H16F3N/c14-13(15,16)8-7-12(17)11-6-5-9-3-1-2-4-10(9)11/h1-4,11-12H,5-8,17H2. The number of benzene rings is 1. The zero-order valence-corrected chi connectivity index (χ0v) is 9.50. The number of alkyl halides is 3. The van der Waals surface area contributed by atoms with E-state index in [1.165, 1.54) is 5.56 Å². The van der Waals surface area contributed by atoms with E-state index in [0.29, 0.717) is 0 Å².